The van der Waals surface area contributed by atoms with Crippen LogP contribution in [0.15, 0.2) is 76.8 Å². The van der Waals surface area contributed by atoms with Crippen molar-refractivity contribution in [1.29, 1.82) is 0 Å². The van der Waals surface area contributed by atoms with Gasteiger partial charge in [-0.05, 0) is 18.2 Å². The number of aromatic nitrogens is 2. The molecule has 0 saturated heterocycles. The van der Waals surface area contributed by atoms with E-state index >= 15 is 0 Å². The molecule has 0 radical (unpaired) electrons. The lowest BCUT2D eigenvalue weighted by molar-refractivity contribution is 0.909. The molecule has 0 aliphatic rings. The lowest BCUT2D eigenvalue weighted by Gasteiger charge is -2.10. The molecule has 0 spiro atoms. The van der Waals surface area contributed by atoms with Crippen LogP contribution < -0.4 is 5.32 Å². The summed E-state index contributed by atoms with van der Waals surface area (Å²) in [5.41, 5.74) is 2.91. The number of nitrogens with zero attached hydrogens (tertiary/aromatic N) is 3. The maximum absolute atomic E-state index is 4.73. The van der Waals surface area contributed by atoms with Crippen LogP contribution in [-0.4, -0.2) is 15.8 Å². The van der Waals surface area contributed by atoms with E-state index in [2.05, 4.69) is 32.8 Å². The van der Waals surface area contributed by atoms with Crippen molar-refractivity contribution >= 4 is 33.6 Å². The fourth-order valence-electron chi connectivity index (χ4n) is 2.39. The lowest BCUT2D eigenvalue weighted by Crippen LogP contribution is -2.02. The van der Waals surface area contributed by atoms with Gasteiger partial charge in [-0.2, -0.15) is 0 Å². The number of aliphatic imine (C=N–C) groups is 1. The van der Waals surface area contributed by atoms with Crippen molar-refractivity contribution in [2.45, 2.75) is 0 Å². The molecule has 0 aliphatic carbocycles. The van der Waals surface area contributed by atoms with E-state index in [1.54, 1.807) is 6.21 Å². The van der Waals surface area contributed by atoms with Gasteiger partial charge in [0, 0.05) is 29.0 Å². The van der Waals surface area contributed by atoms with E-state index in [4.69, 9.17) is 4.98 Å². The highest BCUT2D eigenvalue weighted by atomic mass is 79.9. The Morgan fingerprint density at radius 3 is 2.67 bits per heavy atom. The summed E-state index contributed by atoms with van der Waals surface area (Å²) in [7, 11) is 1.96. The highest BCUT2D eigenvalue weighted by molar-refractivity contribution is 9.10. The summed E-state index contributed by atoms with van der Waals surface area (Å²) in [5, 5.41) is 3.46. The quantitative estimate of drug-likeness (QED) is 0.621. The first-order valence-corrected chi connectivity index (χ1v) is 8.27. The summed E-state index contributed by atoms with van der Waals surface area (Å²) >= 11 is 3.50. The average Bonchev–Trinajstić information content (AvgIpc) is 2.90. The number of hydrogen-bond donors (Lipinski definition) is 1. The van der Waals surface area contributed by atoms with Crippen LogP contribution >= 0.6 is 15.9 Å². The van der Waals surface area contributed by atoms with Crippen molar-refractivity contribution in [3.05, 3.63) is 77.7 Å². The van der Waals surface area contributed by atoms with Gasteiger partial charge in [-0.3, -0.25) is 4.99 Å². The first-order chi connectivity index (χ1) is 11.7. The van der Waals surface area contributed by atoms with Crippen molar-refractivity contribution in [1.82, 2.24) is 9.55 Å². The number of nitrogens with one attached hydrogen (secondary N) is 1. The number of imidazole rings is 1. The standard InChI is InChI=1S/C19H17BrN4/c1-3-21-13-17-23-18(14-8-5-4-6-9-14)19(24(17)2)22-16-11-7-10-15(20)12-16/h3-13,22H,1H2,2H3. The molecule has 0 aliphatic heterocycles. The normalized spacial score (nSPS) is 10.9. The molecule has 1 N–H and O–H groups in total. The van der Waals surface area contributed by atoms with Crippen LogP contribution in [0.5, 0.6) is 0 Å². The molecule has 3 aromatic rings. The second-order valence-electron chi connectivity index (χ2n) is 5.19. The molecule has 1 aromatic heterocycles. The van der Waals surface area contributed by atoms with E-state index in [1.165, 1.54) is 6.20 Å². The molecule has 2 aromatic carbocycles. The summed E-state index contributed by atoms with van der Waals surface area (Å²) in [5.74, 6) is 1.66. The fraction of sp³-hybridized carbons (Fsp3) is 0.0526. The summed E-state index contributed by atoms with van der Waals surface area (Å²) < 4.78 is 3.00. The summed E-state index contributed by atoms with van der Waals surface area (Å²) in [6.45, 7) is 3.61. The van der Waals surface area contributed by atoms with E-state index in [0.717, 1.165) is 33.1 Å². The van der Waals surface area contributed by atoms with Crippen LogP contribution in [0.1, 0.15) is 5.82 Å². The van der Waals surface area contributed by atoms with E-state index < -0.39 is 0 Å². The maximum Gasteiger partial charge on any atom is 0.153 e. The Balaban J connectivity index is 2.10. The van der Waals surface area contributed by atoms with Gasteiger partial charge in [-0.15, -0.1) is 0 Å². The highest BCUT2D eigenvalue weighted by Crippen LogP contribution is 2.30. The molecule has 4 nitrogen and oxygen atoms in total. The van der Waals surface area contributed by atoms with Crippen molar-refractivity contribution in [3.8, 4) is 11.3 Å². The third-order valence-corrected chi connectivity index (χ3v) is 4.05. The Bertz CT molecular complexity index is 882. The molecule has 120 valence electrons. The van der Waals surface area contributed by atoms with Crippen LogP contribution in [-0.2, 0) is 7.05 Å². The maximum atomic E-state index is 4.73. The van der Waals surface area contributed by atoms with Gasteiger partial charge in [0.2, 0.25) is 0 Å². The molecule has 0 fully saturated rings. The zero-order chi connectivity index (χ0) is 16.9. The predicted octanol–water partition coefficient (Wildman–Crippen LogP) is 5.16. The minimum Gasteiger partial charge on any atom is -0.340 e. The smallest absolute Gasteiger partial charge is 0.153 e. The molecule has 1 heterocycles. The van der Waals surface area contributed by atoms with Crippen LogP contribution in [0.3, 0.4) is 0 Å². The molecule has 0 bridgehead atoms. The van der Waals surface area contributed by atoms with Crippen molar-refractivity contribution < 1.29 is 0 Å². The Morgan fingerprint density at radius 1 is 1.17 bits per heavy atom. The minimum atomic E-state index is 0.756. The third-order valence-electron chi connectivity index (χ3n) is 3.56. The first-order valence-electron chi connectivity index (χ1n) is 7.48. The van der Waals surface area contributed by atoms with Gasteiger partial charge in [0.05, 0.1) is 6.21 Å². The zero-order valence-corrected chi connectivity index (χ0v) is 14.9. The van der Waals surface area contributed by atoms with Crippen LogP contribution in [0.25, 0.3) is 11.3 Å². The van der Waals surface area contributed by atoms with Crippen molar-refractivity contribution in [3.63, 3.8) is 0 Å². The Labute approximate surface area is 149 Å². The van der Waals surface area contributed by atoms with Crippen LogP contribution in [0, 0.1) is 0 Å². The monoisotopic (exact) mass is 380 g/mol. The van der Waals surface area contributed by atoms with Gasteiger partial charge >= 0.3 is 0 Å². The number of anilines is 2. The third kappa shape index (κ3) is 3.46. The summed E-state index contributed by atoms with van der Waals surface area (Å²) in [6, 6.07) is 18.1. The van der Waals surface area contributed by atoms with Crippen molar-refractivity contribution in [2.24, 2.45) is 12.0 Å². The van der Waals surface area contributed by atoms with Gasteiger partial charge in [0.15, 0.2) is 5.82 Å². The Morgan fingerprint density at radius 2 is 1.96 bits per heavy atom. The zero-order valence-electron chi connectivity index (χ0n) is 13.3. The molecule has 24 heavy (non-hydrogen) atoms. The summed E-state index contributed by atoms with van der Waals surface area (Å²) in [6.07, 6.45) is 3.20. The topological polar surface area (TPSA) is 42.2 Å². The highest BCUT2D eigenvalue weighted by Gasteiger charge is 2.15. The van der Waals surface area contributed by atoms with E-state index in [1.807, 2.05) is 66.2 Å². The Hall–Kier alpha value is -2.66. The van der Waals surface area contributed by atoms with Crippen LogP contribution in [0.4, 0.5) is 11.5 Å². The number of benzene rings is 2. The SMILES string of the molecule is C=CN=Cc1nc(-c2ccccc2)c(Nc2cccc(Br)c2)n1C. The van der Waals surface area contributed by atoms with Gasteiger partial charge in [0.25, 0.3) is 0 Å². The van der Waals surface area contributed by atoms with E-state index in [-0.39, 0.29) is 0 Å². The first kappa shape index (κ1) is 16.2. The molecular formula is C19H17BrN4. The van der Waals surface area contributed by atoms with E-state index in [0.29, 0.717) is 0 Å². The molecule has 5 heteroatoms. The Kier molecular flexibility index (Phi) is 4.91. The van der Waals surface area contributed by atoms with Gasteiger partial charge in [-0.1, -0.05) is 58.9 Å². The predicted molar refractivity (Wildman–Crippen MR) is 104 cm³/mol. The molecule has 0 amide bonds. The van der Waals surface area contributed by atoms with Gasteiger partial charge in [0.1, 0.15) is 11.5 Å². The van der Waals surface area contributed by atoms with E-state index in [9.17, 15) is 0 Å². The van der Waals surface area contributed by atoms with Gasteiger partial charge < -0.3 is 9.88 Å². The number of halogens is 1. The molecular weight excluding hydrogens is 364 g/mol. The second kappa shape index (κ2) is 7.27. The number of rotatable bonds is 5. The summed E-state index contributed by atoms with van der Waals surface area (Å²) in [4.78, 5) is 8.82. The molecule has 0 atom stereocenters. The molecule has 0 saturated carbocycles. The lowest BCUT2D eigenvalue weighted by atomic mass is 10.1. The fourth-order valence-corrected chi connectivity index (χ4v) is 2.79. The van der Waals surface area contributed by atoms with Crippen LogP contribution in [0.2, 0.25) is 0 Å². The molecule has 0 unspecified atom stereocenters. The molecule has 3 rings (SSSR count). The largest absolute Gasteiger partial charge is 0.340 e. The van der Waals surface area contributed by atoms with Crippen molar-refractivity contribution in [2.75, 3.05) is 5.32 Å². The number of hydrogen-bond acceptors (Lipinski definition) is 3. The minimum absolute atomic E-state index is 0.756. The van der Waals surface area contributed by atoms with Gasteiger partial charge in [-0.25, -0.2) is 4.98 Å². The second-order valence-corrected chi connectivity index (χ2v) is 6.10. The average molecular weight is 381 g/mol.